The first-order valence-corrected chi connectivity index (χ1v) is 24.6. The van der Waals surface area contributed by atoms with Crippen molar-refractivity contribution in [1.29, 1.82) is 0 Å². The lowest BCUT2D eigenvalue weighted by Crippen LogP contribution is -2.61. The number of rotatable bonds is 26. The van der Waals surface area contributed by atoms with Crippen LogP contribution in [0.3, 0.4) is 0 Å². The third-order valence-electron chi connectivity index (χ3n) is 12.7. The van der Waals surface area contributed by atoms with Gasteiger partial charge in [0.15, 0.2) is 23.8 Å². The van der Waals surface area contributed by atoms with Crippen LogP contribution in [0.25, 0.3) is 0 Å². The molecule has 18 nitrogen and oxygen atoms in total. The lowest BCUT2D eigenvalue weighted by atomic mass is 9.93. The minimum atomic E-state index is -1.09. The Morgan fingerprint density at radius 3 is 1.97 bits per heavy atom. The topological polar surface area (TPSA) is 232 Å². The van der Waals surface area contributed by atoms with Gasteiger partial charge in [-0.3, -0.25) is 28.8 Å². The number of ether oxygens (including phenoxy) is 4. The number of quaternary nitrogens is 1. The number of nitrogens with zero attached hydrogens (tertiary/aromatic N) is 3. The number of amides is 4. The average molecular weight is 980 g/mol. The van der Waals surface area contributed by atoms with Gasteiger partial charge in [-0.05, 0) is 80.2 Å². The van der Waals surface area contributed by atoms with Gasteiger partial charge in [-0.25, -0.2) is 0 Å². The number of aryl methyl sites for hydroxylation is 2. The predicted octanol–water partition coefficient (Wildman–Crippen LogP) is 4.23. The number of aromatic nitrogens is 3. The van der Waals surface area contributed by atoms with Gasteiger partial charge in [0.1, 0.15) is 55.7 Å². The van der Waals surface area contributed by atoms with Crippen LogP contribution in [0.15, 0.2) is 79.0 Å². The fraction of sp³-hybridized carbons (Fsp3) is 0.509. The molecule has 382 valence electrons. The summed E-state index contributed by atoms with van der Waals surface area (Å²) < 4.78 is 23.2. The number of ketones is 1. The number of H-pyrrole nitrogens is 1. The summed E-state index contributed by atoms with van der Waals surface area (Å²) in [5.74, 6) is -2.09. The van der Waals surface area contributed by atoms with E-state index in [4.69, 9.17) is 18.9 Å². The van der Waals surface area contributed by atoms with Crippen molar-refractivity contribution in [3.63, 3.8) is 0 Å². The summed E-state index contributed by atoms with van der Waals surface area (Å²) in [6, 6.07) is 18.6. The number of carbonyl (C=O) groups excluding carboxylic acids is 6. The Hall–Kier alpha value is -6.50. The molecular weight excluding hydrogens is 909 g/mol. The maximum absolute atomic E-state index is 14.6. The zero-order valence-electron chi connectivity index (χ0n) is 42.1. The van der Waals surface area contributed by atoms with Gasteiger partial charge in [0.2, 0.25) is 17.7 Å². The second-order valence-corrected chi connectivity index (χ2v) is 20.0. The van der Waals surface area contributed by atoms with Crippen molar-refractivity contribution in [2.24, 2.45) is 11.8 Å². The van der Waals surface area contributed by atoms with Gasteiger partial charge in [0, 0.05) is 18.9 Å². The van der Waals surface area contributed by atoms with E-state index in [2.05, 4.69) is 36.7 Å². The molecule has 2 fully saturated rings. The molecule has 0 saturated carbocycles. The number of epoxide rings is 1. The molecule has 3 heterocycles. The molecule has 5 N–H and O–H groups in total. The van der Waals surface area contributed by atoms with E-state index < -0.39 is 53.5 Å². The van der Waals surface area contributed by atoms with Crippen molar-refractivity contribution in [3.05, 3.63) is 107 Å². The highest BCUT2D eigenvalue weighted by atomic mass is 16.6. The molecule has 3 aromatic carbocycles. The fourth-order valence-electron chi connectivity index (χ4n) is 8.89. The Labute approximate surface area is 416 Å². The van der Waals surface area contributed by atoms with Crippen molar-refractivity contribution >= 4 is 35.4 Å². The SMILES string of the molecule is CC(=O)Oc1c(C)cc(C[N+]2(CC(=O)N[C@@H](CCc3ccccc3)C(=O)NC(CC(C)C)C(=O)N[C@@H](Cc3ccccc3)C(=O)N[C@@H](CC(C)C)C(=O)[C@@]3(C)CO3)CCOCC2)cc1OCc1cn[nH]n1. The predicted molar refractivity (Wildman–Crippen MR) is 263 cm³/mol. The Bertz CT molecular complexity index is 2420. The van der Waals surface area contributed by atoms with E-state index in [0.29, 0.717) is 67.2 Å². The van der Waals surface area contributed by atoms with Crippen molar-refractivity contribution in [1.82, 2.24) is 36.7 Å². The van der Waals surface area contributed by atoms with Crippen LogP contribution >= 0.6 is 0 Å². The van der Waals surface area contributed by atoms with Crippen LogP contribution < -0.4 is 30.7 Å². The minimum Gasteiger partial charge on any atom is -0.483 e. The monoisotopic (exact) mass is 980 g/mol. The van der Waals surface area contributed by atoms with Gasteiger partial charge < -0.3 is 44.7 Å². The average Bonchev–Trinajstić information content (AvgIpc) is 3.85. The molecule has 2 aliphatic heterocycles. The smallest absolute Gasteiger partial charge is 0.308 e. The highest BCUT2D eigenvalue weighted by Crippen LogP contribution is 2.35. The summed E-state index contributed by atoms with van der Waals surface area (Å²) in [6.07, 6.45) is 2.98. The fourth-order valence-corrected chi connectivity index (χ4v) is 8.89. The van der Waals surface area contributed by atoms with Gasteiger partial charge >= 0.3 is 5.97 Å². The van der Waals surface area contributed by atoms with E-state index >= 15 is 0 Å². The first-order chi connectivity index (χ1) is 33.9. The molecule has 0 bridgehead atoms. The molecule has 0 aliphatic carbocycles. The van der Waals surface area contributed by atoms with Gasteiger partial charge in [0.25, 0.3) is 5.91 Å². The zero-order chi connectivity index (χ0) is 51.1. The molecule has 4 aromatic rings. The highest BCUT2D eigenvalue weighted by molar-refractivity contribution is 5.99. The van der Waals surface area contributed by atoms with Gasteiger partial charge in [-0.1, -0.05) is 88.4 Å². The lowest BCUT2D eigenvalue weighted by molar-refractivity contribution is -0.940. The molecule has 5 atom stereocenters. The maximum atomic E-state index is 14.6. The van der Waals surface area contributed by atoms with Crippen LogP contribution in [0, 0.1) is 18.8 Å². The Morgan fingerprint density at radius 1 is 0.775 bits per heavy atom. The molecule has 4 amide bonds. The van der Waals surface area contributed by atoms with E-state index in [1.807, 2.05) is 101 Å². The Kier molecular flexibility index (Phi) is 19.0. The normalized spacial score (nSPS) is 17.8. The summed E-state index contributed by atoms with van der Waals surface area (Å²) in [6.45, 7) is 15.2. The molecule has 1 unspecified atom stereocenters. The van der Waals surface area contributed by atoms with Crippen LogP contribution in [0.2, 0.25) is 0 Å². The number of Topliss-reactive ketones (excluding diaryl/α,β-unsaturated/α-hetero) is 1. The molecule has 6 rings (SSSR count). The van der Waals surface area contributed by atoms with Gasteiger partial charge in [0.05, 0.1) is 32.1 Å². The Balaban J connectivity index is 1.22. The molecule has 0 spiro atoms. The third kappa shape index (κ3) is 16.3. The van der Waals surface area contributed by atoms with E-state index in [1.54, 1.807) is 13.0 Å². The van der Waals surface area contributed by atoms with Crippen LogP contribution in [0.5, 0.6) is 11.5 Å². The van der Waals surface area contributed by atoms with E-state index in [1.165, 1.54) is 13.1 Å². The molecule has 71 heavy (non-hydrogen) atoms. The van der Waals surface area contributed by atoms with Crippen molar-refractivity contribution in [2.75, 3.05) is 39.5 Å². The summed E-state index contributed by atoms with van der Waals surface area (Å²) in [5.41, 5.74) is 2.83. The largest absolute Gasteiger partial charge is 0.483 e. The maximum Gasteiger partial charge on any atom is 0.308 e. The number of benzene rings is 3. The number of carbonyl (C=O) groups is 6. The molecule has 2 aliphatic rings. The molecule has 1 aromatic heterocycles. The second kappa shape index (κ2) is 25.1. The minimum absolute atomic E-state index is 0.0100. The summed E-state index contributed by atoms with van der Waals surface area (Å²) >= 11 is 0. The molecule has 18 heteroatoms. The molecular formula is C53H71N8O10+. The molecule has 2 saturated heterocycles. The number of esters is 1. The lowest BCUT2D eigenvalue weighted by Gasteiger charge is -2.41. The van der Waals surface area contributed by atoms with Gasteiger partial charge in [-0.2, -0.15) is 15.4 Å². The first kappa shape index (κ1) is 53.8. The zero-order valence-corrected chi connectivity index (χ0v) is 42.1. The van der Waals surface area contributed by atoms with Crippen molar-refractivity contribution in [2.45, 2.75) is 123 Å². The summed E-state index contributed by atoms with van der Waals surface area (Å²) in [4.78, 5) is 83.4. The molecule has 0 radical (unpaired) electrons. The first-order valence-electron chi connectivity index (χ1n) is 24.6. The number of hydrogen-bond donors (Lipinski definition) is 5. The van der Waals surface area contributed by atoms with Crippen LogP contribution in [0.1, 0.15) is 88.8 Å². The van der Waals surface area contributed by atoms with Crippen LogP contribution in [-0.4, -0.2) is 124 Å². The van der Waals surface area contributed by atoms with Crippen LogP contribution in [-0.2, 0) is 64.2 Å². The standard InChI is InChI=1S/C53H70N8O10/c1-34(2)24-43(49(64)53(7)33-70-53)56-52(67)45(27-39-16-12-9-13-17-39)58-51(66)44(25-35(3)4)57-50(65)42(19-18-38-14-10-8-11-15-38)55-47(63)31-61(20-22-68-23-21-61)30-40-26-36(5)48(71-37(6)62)46(28-40)69-32-41-29-54-60-59-41/h8-17,26,28-29,34-35,42-45H,18-25,27,30-33H2,1-7H3,(H4-,54,55,56,57,58,59,60,63,65,66,67)/p+1/t42-,43-,44?,45-,53+/m0/s1. The second-order valence-electron chi connectivity index (χ2n) is 20.0. The van der Waals surface area contributed by atoms with E-state index in [9.17, 15) is 28.8 Å². The third-order valence-corrected chi connectivity index (χ3v) is 12.7. The van der Waals surface area contributed by atoms with Crippen LogP contribution in [0.4, 0.5) is 0 Å². The van der Waals surface area contributed by atoms with Crippen molar-refractivity contribution < 1.29 is 52.2 Å². The number of morpholine rings is 1. The van der Waals surface area contributed by atoms with Gasteiger partial charge in [-0.15, -0.1) is 0 Å². The summed E-state index contributed by atoms with van der Waals surface area (Å²) in [7, 11) is 0. The van der Waals surface area contributed by atoms with E-state index in [0.717, 1.165) is 16.7 Å². The Morgan fingerprint density at radius 2 is 1.37 bits per heavy atom. The summed E-state index contributed by atoms with van der Waals surface area (Å²) in [5, 5.41) is 22.3. The highest BCUT2D eigenvalue weighted by Gasteiger charge is 2.50. The number of nitrogens with one attached hydrogen (secondary N) is 5. The van der Waals surface area contributed by atoms with E-state index in [-0.39, 0.29) is 68.3 Å². The van der Waals surface area contributed by atoms with Crippen molar-refractivity contribution in [3.8, 4) is 11.5 Å². The quantitative estimate of drug-likeness (QED) is 0.0258. The number of aromatic amines is 1. The number of hydrogen-bond acceptors (Lipinski definition) is 12.